The molecule has 264 valence electrons. The lowest BCUT2D eigenvalue weighted by Gasteiger charge is -2.25. The Morgan fingerprint density at radius 2 is 0.511 bits per heavy atom. The minimum Gasteiger partial charge on any atom is -0.372 e. The molecule has 0 atom stereocenters. The number of hydrogen-bond acceptors (Lipinski definition) is 1. The van der Waals surface area contributed by atoms with Gasteiger partial charge in [-0.25, -0.2) is 0 Å². The van der Waals surface area contributed by atoms with Crippen LogP contribution in [0.5, 0.6) is 0 Å². The third-order valence-electron chi connectivity index (χ3n) is 10.2. The second-order valence-corrected chi connectivity index (χ2v) is 14.6. The summed E-state index contributed by atoms with van der Waals surface area (Å²) in [6.45, 7) is 7.09. The molecule has 0 unspecified atom stereocenters. The molecule has 0 aliphatic carbocycles. The van der Waals surface area contributed by atoms with Gasteiger partial charge in [-0.2, -0.15) is 0 Å². The molecule has 0 radical (unpaired) electrons. The monoisotopic (exact) mass is 626 g/mol. The zero-order valence-corrected chi connectivity index (χ0v) is 31.3. The summed E-state index contributed by atoms with van der Waals surface area (Å²) in [6.07, 6.45) is 49.2. The van der Waals surface area contributed by atoms with E-state index in [1.165, 1.54) is 237 Å². The molecule has 0 saturated heterocycles. The zero-order valence-electron chi connectivity index (χ0n) is 31.3. The minimum absolute atomic E-state index is 1.24. The van der Waals surface area contributed by atoms with Crippen LogP contribution in [0.4, 0.5) is 5.69 Å². The molecule has 0 aliphatic heterocycles. The van der Waals surface area contributed by atoms with Crippen LogP contribution in [0.1, 0.15) is 232 Å². The fourth-order valence-corrected chi connectivity index (χ4v) is 7.06. The van der Waals surface area contributed by atoms with E-state index < -0.39 is 0 Å². The van der Waals surface area contributed by atoms with Gasteiger partial charge in [0.05, 0.1) is 0 Å². The molecule has 0 bridgehead atoms. The van der Waals surface area contributed by atoms with Crippen LogP contribution < -0.4 is 4.90 Å². The Hall–Kier alpha value is -0.980. The molecule has 1 aromatic carbocycles. The Balaban J connectivity index is 1.94. The number of anilines is 1. The summed E-state index contributed by atoms with van der Waals surface area (Å²) in [6, 6.07) is 11.2. The van der Waals surface area contributed by atoms with Gasteiger partial charge in [-0.1, -0.05) is 238 Å². The maximum atomic E-state index is 2.68. The van der Waals surface area contributed by atoms with Gasteiger partial charge in [-0.15, -0.1) is 0 Å². The SMILES string of the molecule is CCCCCCCCCCCCCCCCCCCN(CCCCCCCCCCCCCCCCCCC)c1ccccc1. The van der Waals surface area contributed by atoms with Crippen LogP contribution in [-0.4, -0.2) is 13.1 Å². The molecule has 0 amide bonds. The fraction of sp³-hybridized carbons (Fsp3) is 0.864. The van der Waals surface area contributed by atoms with Crippen molar-refractivity contribution in [2.75, 3.05) is 18.0 Å². The first-order chi connectivity index (χ1) is 22.4. The molecule has 45 heavy (non-hydrogen) atoms. The van der Waals surface area contributed by atoms with Crippen molar-refractivity contribution in [3.8, 4) is 0 Å². The summed E-state index contributed by atoms with van der Waals surface area (Å²) < 4.78 is 0. The summed E-state index contributed by atoms with van der Waals surface area (Å²) in [7, 11) is 0. The van der Waals surface area contributed by atoms with E-state index in [0.717, 1.165) is 0 Å². The van der Waals surface area contributed by atoms with Gasteiger partial charge in [0.1, 0.15) is 0 Å². The largest absolute Gasteiger partial charge is 0.372 e. The summed E-state index contributed by atoms with van der Waals surface area (Å²) in [5.74, 6) is 0. The maximum Gasteiger partial charge on any atom is 0.0366 e. The van der Waals surface area contributed by atoms with E-state index in [9.17, 15) is 0 Å². The van der Waals surface area contributed by atoms with Crippen molar-refractivity contribution < 1.29 is 0 Å². The number of benzene rings is 1. The minimum atomic E-state index is 1.24. The first-order valence-electron chi connectivity index (χ1n) is 21.2. The van der Waals surface area contributed by atoms with Gasteiger partial charge >= 0.3 is 0 Å². The van der Waals surface area contributed by atoms with E-state index in [0.29, 0.717) is 0 Å². The van der Waals surface area contributed by atoms with Gasteiger partial charge in [-0.05, 0) is 25.0 Å². The standard InChI is InChI=1S/C44H83N/c1-3-5-7-9-11-13-15-17-19-21-23-25-27-29-31-33-38-42-45(44-40-36-35-37-41-44)43-39-34-32-30-28-26-24-22-20-18-16-14-12-10-8-6-4-2/h35-37,40-41H,3-34,38-39,42-43H2,1-2H3. The quantitative estimate of drug-likeness (QED) is 0.0665. The molecule has 0 heterocycles. The van der Waals surface area contributed by atoms with Gasteiger partial charge in [0.25, 0.3) is 0 Å². The van der Waals surface area contributed by atoms with Gasteiger partial charge in [0, 0.05) is 18.8 Å². The first-order valence-corrected chi connectivity index (χ1v) is 21.2. The lowest BCUT2D eigenvalue weighted by Crippen LogP contribution is -2.25. The Morgan fingerprint density at radius 3 is 0.756 bits per heavy atom. The van der Waals surface area contributed by atoms with E-state index in [2.05, 4.69) is 49.1 Å². The molecule has 1 heteroatoms. The number of para-hydroxylation sites is 1. The average Bonchev–Trinajstić information content (AvgIpc) is 3.07. The highest BCUT2D eigenvalue weighted by Crippen LogP contribution is 2.19. The maximum absolute atomic E-state index is 2.68. The summed E-state index contributed by atoms with van der Waals surface area (Å²) in [5, 5.41) is 0. The van der Waals surface area contributed by atoms with Gasteiger partial charge in [0.15, 0.2) is 0 Å². The molecule has 1 rings (SSSR count). The number of unbranched alkanes of at least 4 members (excludes halogenated alkanes) is 32. The van der Waals surface area contributed by atoms with Crippen molar-refractivity contribution in [3.05, 3.63) is 30.3 Å². The Kier molecular flexibility index (Phi) is 33.5. The van der Waals surface area contributed by atoms with E-state index in [1.54, 1.807) is 0 Å². The molecule has 0 saturated carbocycles. The topological polar surface area (TPSA) is 3.24 Å². The molecular formula is C44H83N. The third-order valence-corrected chi connectivity index (χ3v) is 10.2. The Labute approximate surface area is 285 Å². The van der Waals surface area contributed by atoms with Crippen molar-refractivity contribution in [1.82, 2.24) is 0 Å². The predicted molar refractivity (Wildman–Crippen MR) is 207 cm³/mol. The highest BCUT2D eigenvalue weighted by atomic mass is 15.1. The van der Waals surface area contributed by atoms with Crippen molar-refractivity contribution >= 4 is 5.69 Å². The van der Waals surface area contributed by atoms with E-state index >= 15 is 0 Å². The van der Waals surface area contributed by atoms with Crippen molar-refractivity contribution in [1.29, 1.82) is 0 Å². The second-order valence-electron chi connectivity index (χ2n) is 14.6. The van der Waals surface area contributed by atoms with Crippen LogP contribution in [-0.2, 0) is 0 Å². The molecule has 1 nitrogen and oxygen atoms in total. The normalized spacial score (nSPS) is 11.4. The summed E-state index contributed by atoms with van der Waals surface area (Å²) in [4.78, 5) is 2.68. The van der Waals surface area contributed by atoms with Crippen LogP contribution in [0.3, 0.4) is 0 Å². The molecule has 0 fully saturated rings. The van der Waals surface area contributed by atoms with Gasteiger partial charge in [0.2, 0.25) is 0 Å². The van der Waals surface area contributed by atoms with Crippen molar-refractivity contribution in [2.24, 2.45) is 0 Å². The van der Waals surface area contributed by atoms with Crippen LogP contribution >= 0.6 is 0 Å². The van der Waals surface area contributed by atoms with Gasteiger partial charge < -0.3 is 4.90 Å². The van der Waals surface area contributed by atoms with Crippen LogP contribution in [0, 0.1) is 0 Å². The number of nitrogens with zero attached hydrogens (tertiary/aromatic N) is 1. The average molecular weight is 626 g/mol. The van der Waals surface area contributed by atoms with Crippen LogP contribution in [0.15, 0.2) is 30.3 Å². The zero-order chi connectivity index (χ0) is 32.1. The van der Waals surface area contributed by atoms with Gasteiger partial charge in [-0.3, -0.25) is 0 Å². The van der Waals surface area contributed by atoms with Crippen molar-refractivity contribution in [3.63, 3.8) is 0 Å². The Morgan fingerprint density at radius 1 is 0.289 bits per heavy atom. The summed E-state index contributed by atoms with van der Waals surface area (Å²) >= 11 is 0. The second kappa shape index (κ2) is 35.9. The van der Waals surface area contributed by atoms with E-state index in [4.69, 9.17) is 0 Å². The lowest BCUT2D eigenvalue weighted by molar-refractivity contribution is 0.523. The van der Waals surface area contributed by atoms with E-state index in [-0.39, 0.29) is 0 Å². The lowest BCUT2D eigenvalue weighted by atomic mass is 10.0. The van der Waals surface area contributed by atoms with Crippen molar-refractivity contribution in [2.45, 2.75) is 232 Å². The molecule has 1 aromatic rings. The van der Waals surface area contributed by atoms with E-state index in [1.807, 2.05) is 0 Å². The summed E-state index contributed by atoms with van der Waals surface area (Å²) in [5.41, 5.74) is 1.44. The smallest absolute Gasteiger partial charge is 0.0366 e. The molecule has 0 N–H and O–H groups in total. The fourth-order valence-electron chi connectivity index (χ4n) is 7.06. The van der Waals surface area contributed by atoms with Crippen LogP contribution in [0.2, 0.25) is 0 Å². The molecule has 0 aromatic heterocycles. The molecular weight excluding hydrogens is 542 g/mol. The first kappa shape index (κ1) is 42.0. The highest BCUT2D eigenvalue weighted by molar-refractivity contribution is 5.45. The highest BCUT2D eigenvalue weighted by Gasteiger charge is 2.06. The number of rotatable bonds is 37. The number of hydrogen-bond donors (Lipinski definition) is 0. The Bertz CT molecular complexity index is 616. The third kappa shape index (κ3) is 30.1. The van der Waals surface area contributed by atoms with Crippen LogP contribution in [0.25, 0.3) is 0 Å². The molecule has 0 spiro atoms. The molecule has 0 aliphatic rings. The predicted octanol–water partition coefficient (Wildman–Crippen LogP) is 15.8.